The molecule has 0 spiro atoms. The van der Waals surface area contributed by atoms with Crippen LogP contribution in [-0.4, -0.2) is 23.3 Å². The van der Waals surface area contributed by atoms with E-state index in [4.69, 9.17) is 0 Å². The van der Waals surface area contributed by atoms with Crippen molar-refractivity contribution in [3.8, 4) is 0 Å². The van der Waals surface area contributed by atoms with Crippen LogP contribution < -0.4 is 10.6 Å². The summed E-state index contributed by atoms with van der Waals surface area (Å²) in [7, 11) is 0. The van der Waals surface area contributed by atoms with Crippen LogP contribution in [0.25, 0.3) is 0 Å². The van der Waals surface area contributed by atoms with Crippen LogP contribution >= 0.6 is 11.3 Å². The molecule has 7 nitrogen and oxygen atoms in total. The number of halogens is 1. The first-order chi connectivity index (χ1) is 12.9. The monoisotopic (exact) mass is 391 g/mol. The van der Waals surface area contributed by atoms with Gasteiger partial charge >= 0.3 is 17.5 Å². The molecule has 1 saturated carbocycles. The molecular formula is C18H18FN3O4S. The zero-order valence-electron chi connectivity index (χ0n) is 14.4. The van der Waals surface area contributed by atoms with Crippen molar-refractivity contribution < 1.29 is 18.9 Å². The molecule has 2 aromatic rings. The Labute approximate surface area is 158 Å². The molecule has 0 aliphatic heterocycles. The number of anilines is 1. The van der Waals surface area contributed by atoms with Gasteiger partial charge < -0.3 is 10.6 Å². The van der Waals surface area contributed by atoms with Gasteiger partial charge in [-0.1, -0.05) is 12.8 Å². The van der Waals surface area contributed by atoms with E-state index in [2.05, 4.69) is 16.0 Å². The van der Waals surface area contributed by atoms with Gasteiger partial charge in [-0.2, -0.15) is 15.7 Å². The number of nitro benzene ring substituents is 1. The molecule has 2 amide bonds. The molecule has 1 aromatic heterocycles. The Balaban J connectivity index is 1.64. The molecule has 0 bridgehead atoms. The summed E-state index contributed by atoms with van der Waals surface area (Å²) in [6.07, 6.45) is 4.01. The van der Waals surface area contributed by atoms with Gasteiger partial charge in [0.05, 0.1) is 4.92 Å². The first-order valence-electron chi connectivity index (χ1n) is 8.47. The Hall–Kier alpha value is -2.81. The summed E-state index contributed by atoms with van der Waals surface area (Å²) in [6, 6.07) is 4.96. The number of thiophene rings is 1. The second kappa shape index (κ2) is 7.83. The Bertz CT molecular complexity index is 863. The third-order valence-electron chi connectivity index (χ3n) is 4.89. The van der Waals surface area contributed by atoms with Crippen molar-refractivity contribution in [3.05, 3.63) is 56.5 Å². The fourth-order valence-corrected chi connectivity index (χ4v) is 4.21. The summed E-state index contributed by atoms with van der Waals surface area (Å²) in [6.45, 7) is 0.347. The van der Waals surface area contributed by atoms with Crippen LogP contribution in [0.1, 0.15) is 31.2 Å². The highest BCUT2D eigenvalue weighted by Crippen LogP contribution is 2.41. The van der Waals surface area contributed by atoms with E-state index in [-0.39, 0.29) is 11.1 Å². The Kier molecular flexibility index (Phi) is 5.50. The maximum Gasteiger partial charge on any atom is 0.313 e. The number of nitro groups is 1. The summed E-state index contributed by atoms with van der Waals surface area (Å²) in [5.74, 6) is -2.79. The molecule has 1 heterocycles. The van der Waals surface area contributed by atoms with Gasteiger partial charge in [0.1, 0.15) is 0 Å². The van der Waals surface area contributed by atoms with Crippen molar-refractivity contribution in [2.45, 2.75) is 31.1 Å². The van der Waals surface area contributed by atoms with Crippen molar-refractivity contribution in [3.63, 3.8) is 0 Å². The van der Waals surface area contributed by atoms with Crippen molar-refractivity contribution in [2.24, 2.45) is 0 Å². The highest BCUT2D eigenvalue weighted by atomic mass is 32.1. The average Bonchev–Trinajstić information content (AvgIpc) is 3.33. The smallest absolute Gasteiger partial charge is 0.313 e. The first kappa shape index (κ1) is 19.0. The van der Waals surface area contributed by atoms with Gasteiger partial charge in [-0.25, -0.2) is 0 Å². The summed E-state index contributed by atoms with van der Waals surface area (Å²) in [5.41, 5.74) is 0.219. The van der Waals surface area contributed by atoms with E-state index in [1.165, 1.54) is 5.56 Å². The minimum atomic E-state index is -1.01. The predicted molar refractivity (Wildman–Crippen MR) is 99.2 cm³/mol. The predicted octanol–water partition coefficient (Wildman–Crippen LogP) is 3.36. The molecule has 1 aromatic carbocycles. The zero-order chi connectivity index (χ0) is 19.4. The van der Waals surface area contributed by atoms with Gasteiger partial charge in [0.2, 0.25) is 5.82 Å². The van der Waals surface area contributed by atoms with Crippen molar-refractivity contribution in [1.29, 1.82) is 0 Å². The third-order valence-corrected chi connectivity index (χ3v) is 5.57. The van der Waals surface area contributed by atoms with Crippen LogP contribution in [0, 0.1) is 15.9 Å². The normalized spacial score (nSPS) is 15.3. The average molecular weight is 391 g/mol. The van der Waals surface area contributed by atoms with E-state index in [0.29, 0.717) is 6.54 Å². The fourth-order valence-electron chi connectivity index (χ4n) is 3.43. The number of carbonyl (C=O) groups excluding carboxylic acids is 2. The van der Waals surface area contributed by atoms with Gasteiger partial charge in [0, 0.05) is 23.7 Å². The maximum atomic E-state index is 13.4. The second-order valence-electron chi connectivity index (χ2n) is 6.56. The van der Waals surface area contributed by atoms with Crippen LogP contribution in [0.4, 0.5) is 15.8 Å². The number of rotatable bonds is 5. The molecule has 142 valence electrons. The highest BCUT2D eigenvalue weighted by molar-refractivity contribution is 7.08. The van der Waals surface area contributed by atoms with Crippen molar-refractivity contribution in [2.75, 3.05) is 11.9 Å². The summed E-state index contributed by atoms with van der Waals surface area (Å²) in [4.78, 5) is 34.1. The lowest BCUT2D eigenvalue weighted by Crippen LogP contribution is -2.43. The molecule has 1 aliphatic rings. The zero-order valence-corrected chi connectivity index (χ0v) is 15.2. The molecule has 0 atom stereocenters. The van der Waals surface area contributed by atoms with Crippen LogP contribution in [0.15, 0.2) is 35.0 Å². The molecule has 3 rings (SSSR count). The Morgan fingerprint density at radius 1 is 1.22 bits per heavy atom. The molecule has 27 heavy (non-hydrogen) atoms. The Morgan fingerprint density at radius 3 is 2.59 bits per heavy atom. The van der Waals surface area contributed by atoms with Gasteiger partial charge in [-0.15, -0.1) is 0 Å². The fraction of sp³-hybridized carbons (Fsp3) is 0.333. The van der Waals surface area contributed by atoms with Crippen LogP contribution in [0.2, 0.25) is 0 Å². The molecule has 9 heteroatoms. The van der Waals surface area contributed by atoms with E-state index < -0.39 is 28.2 Å². The molecular weight excluding hydrogens is 373 g/mol. The lowest BCUT2D eigenvalue weighted by molar-refractivity contribution is -0.387. The van der Waals surface area contributed by atoms with Crippen molar-refractivity contribution >= 4 is 34.5 Å². The number of nitrogens with one attached hydrogen (secondary N) is 2. The number of amides is 2. The van der Waals surface area contributed by atoms with Gasteiger partial charge in [-0.05, 0) is 47.4 Å². The SMILES string of the molecule is O=C(NCC1(c2ccsc2)CCCC1)C(=O)Nc1ccc(F)c([N+](=O)[O-])c1. The standard InChI is InChI=1S/C18H18FN3O4S/c19-14-4-3-13(9-15(14)22(25)26)21-17(24)16(23)20-11-18(6-1-2-7-18)12-5-8-27-10-12/h3-5,8-10H,1-2,6-7,11H2,(H,20,23)(H,21,24). The van der Waals surface area contributed by atoms with Crippen LogP contribution in [0.3, 0.4) is 0 Å². The van der Waals surface area contributed by atoms with E-state index in [1.807, 2.05) is 11.4 Å². The highest BCUT2D eigenvalue weighted by Gasteiger charge is 2.36. The first-order valence-corrected chi connectivity index (χ1v) is 9.41. The molecule has 2 N–H and O–H groups in total. The number of carbonyl (C=O) groups is 2. The molecule has 1 aliphatic carbocycles. The number of hydrogen-bond donors (Lipinski definition) is 2. The van der Waals surface area contributed by atoms with Crippen molar-refractivity contribution in [1.82, 2.24) is 5.32 Å². The van der Waals surface area contributed by atoms with Gasteiger partial charge in [-0.3, -0.25) is 19.7 Å². The second-order valence-corrected chi connectivity index (χ2v) is 7.34. The number of nitrogens with zero attached hydrogens (tertiary/aromatic N) is 1. The molecule has 0 saturated heterocycles. The topological polar surface area (TPSA) is 101 Å². The number of hydrogen-bond acceptors (Lipinski definition) is 5. The quantitative estimate of drug-likeness (QED) is 0.463. The molecule has 1 fully saturated rings. The minimum Gasteiger partial charge on any atom is -0.347 e. The minimum absolute atomic E-state index is 0.0170. The number of benzene rings is 1. The van der Waals surface area contributed by atoms with E-state index in [0.717, 1.165) is 43.9 Å². The molecule has 0 unspecified atom stereocenters. The van der Waals surface area contributed by atoms with Crippen LogP contribution in [0.5, 0.6) is 0 Å². The lowest BCUT2D eigenvalue weighted by atomic mass is 9.80. The molecule has 0 radical (unpaired) electrons. The van der Waals surface area contributed by atoms with Gasteiger partial charge in [0.25, 0.3) is 0 Å². The third kappa shape index (κ3) is 4.13. The maximum absolute atomic E-state index is 13.4. The van der Waals surface area contributed by atoms with E-state index in [9.17, 15) is 24.1 Å². The summed E-state index contributed by atoms with van der Waals surface area (Å²) in [5, 5.41) is 19.8. The summed E-state index contributed by atoms with van der Waals surface area (Å²) >= 11 is 1.59. The Morgan fingerprint density at radius 2 is 1.96 bits per heavy atom. The summed E-state index contributed by atoms with van der Waals surface area (Å²) < 4.78 is 13.4. The van der Waals surface area contributed by atoms with Crippen LogP contribution in [-0.2, 0) is 15.0 Å². The lowest BCUT2D eigenvalue weighted by Gasteiger charge is -2.28. The van der Waals surface area contributed by atoms with Gasteiger partial charge in [0.15, 0.2) is 0 Å². The largest absolute Gasteiger partial charge is 0.347 e. The van der Waals surface area contributed by atoms with E-state index >= 15 is 0 Å². The van der Waals surface area contributed by atoms with E-state index in [1.54, 1.807) is 11.3 Å².